The summed E-state index contributed by atoms with van der Waals surface area (Å²) in [7, 11) is 0. The van der Waals surface area contributed by atoms with Crippen molar-refractivity contribution in [2.24, 2.45) is 0 Å². The Morgan fingerprint density at radius 3 is 1.96 bits per heavy atom. The number of nitrogens with zero attached hydrogens (tertiary/aromatic N) is 2. The summed E-state index contributed by atoms with van der Waals surface area (Å²) in [4.78, 5) is 4.61. The minimum atomic E-state index is -0.250. The number of hydrogen-bond donors (Lipinski definition) is 0. The van der Waals surface area contributed by atoms with Gasteiger partial charge >= 0.3 is 0 Å². The standard InChI is InChI=1S/C50H46N2S/c1-7-10-14-21-38(5)51(39(6)22-15-11-8-2)45-27-19-18-25-43(45)46(26-12-9-3)52(42-33-31-41(32-34-42)40-23-16-13-17-24-40)47-28-20-29-48-50(47)44-35-30-37(4)36-49(44)53-48/h7-36,46H,3,5-6H2,1-2,4H3/b10-7-,11-8-,21-14-,22-15-,26-12?. The molecule has 0 spiro atoms. The molecule has 0 bridgehead atoms. The van der Waals surface area contributed by atoms with Crippen molar-refractivity contribution in [2.45, 2.75) is 26.8 Å². The van der Waals surface area contributed by atoms with Gasteiger partial charge in [0.25, 0.3) is 0 Å². The van der Waals surface area contributed by atoms with E-state index in [-0.39, 0.29) is 6.04 Å². The summed E-state index contributed by atoms with van der Waals surface area (Å²) < 4.78 is 2.53. The largest absolute Gasteiger partial charge is 0.330 e. The van der Waals surface area contributed by atoms with Gasteiger partial charge in [0.05, 0.1) is 17.4 Å². The van der Waals surface area contributed by atoms with Gasteiger partial charge in [-0.1, -0.05) is 153 Å². The van der Waals surface area contributed by atoms with Crippen molar-refractivity contribution in [1.29, 1.82) is 0 Å². The van der Waals surface area contributed by atoms with E-state index in [1.54, 1.807) is 0 Å². The number of thiophene rings is 1. The molecule has 6 rings (SSSR count). The molecule has 1 heterocycles. The number of rotatable bonds is 14. The minimum absolute atomic E-state index is 0.250. The first kappa shape index (κ1) is 36.6. The molecule has 5 aromatic carbocycles. The van der Waals surface area contributed by atoms with Crippen LogP contribution in [0.25, 0.3) is 31.3 Å². The highest BCUT2D eigenvalue weighted by Gasteiger charge is 2.28. The van der Waals surface area contributed by atoms with Crippen molar-refractivity contribution in [3.8, 4) is 11.1 Å². The number of aryl methyl sites for hydroxylation is 1. The van der Waals surface area contributed by atoms with E-state index in [2.05, 4.69) is 158 Å². The second-order valence-electron chi connectivity index (χ2n) is 12.7. The summed E-state index contributed by atoms with van der Waals surface area (Å²) in [5.74, 6) is 0. The van der Waals surface area contributed by atoms with E-state index >= 15 is 0 Å². The summed E-state index contributed by atoms with van der Waals surface area (Å²) in [5, 5.41) is 2.49. The topological polar surface area (TPSA) is 6.48 Å². The van der Waals surface area contributed by atoms with Gasteiger partial charge in [-0.25, -0.2) is 0 Å². The van der Waals surface area contributed by atoms with Crippen LogP contribution in [0, 0.1) is 6.92 Å². The highest BCUT2D eigenvalue weighted by Crippen LogP contribution is 2.47. The molecule has 0 aliphatic carbocycles. The molecule has 0 radical (unpaired) electrons. The molecule has 0 fully saturated rings. The Bertz CT molecular complexity index is 2350. The number of hydrogen-bond acceptors (Lipinski definition) is 3. The van der Waals surface area contributed by atoms with Crippen LogP contribution < -0.4 is 9.80 Å². The van der Waals surface area contributed by atoms with E-state index in [0.29, 0.717) is 0 Å². The number of benzene rings is 5. The van der Waals surface area contributed by atoms with Gasteiger partial charge in [0.2, 0.25) is 0 Å². The van der Waals surface area contributed by atoms with Gasteiger partial charge in [-0.3, -0.25) is 0 Å². The van der Waals surface area contributed by atoms with Gasteiger partial charge in [0, 0.05) is 42.8 Å². The molecule has 6 aromatic rings. The van der Waals surface area contributed by atoms with Crippen molar-refractivity contribution < 1.29 is 0 Å². The quantitative estimate of drug-likeness (QED) is 0.104. The van der Waals surface area contributed by atoms with E-state index in [9.17, 15) is 0 Å². The highest BCUT2D eigenvalue weighted by molar-refractivity contribution is 7.26. The molecule has 1 atom stereocenters. The van der Waals surface area contributed by atoms with Gasteiger partial charge < -0.3 is 9.80 Å². The summed E-state index contributed by atoms with van der Waals surface area (Å²) in [5.41, 5.74) is 9.49. The second kappa shape index (κ2) is 17.4. The first-order valence-electron chi connectivity index (χ1n) is 18.0. The molecule has 0 aliphatic rings. The van der Waals surface area contributed by atoms with Gasteiger partial charge in [0.1, 0.15) is 0 Å². The van der Waals surface area contributed by atoms with Gasteiger partial charge in [-0.05, 0) is 86.0 Å². The molecular weight excluding hydrogens is 661 g/mol. The van der Waals surface area contributed by atoms with Crippen LogP contribution in [0.15, 0.2) is 213 Å². The van der Waals surface area contributed by atoms with Crippen molar-refractivity contribution >= 4 is 48.6 Å². The van der Waals surface area contributed by atoms with Crippen molar-refractivity contribution in [2.75, 3.05) is 9.80 Å². The Labute approximate surface area is 319 Å². The van der Waals surface area contributed by atoms with Gasteiger partial charge in [-0.15, -0.1) is 11.3 Å². The molecule has 1 aromatic heterocycles. The Hall–Kier alpha value is -6.16. The molecular formula is C50H46N2S. The SMILES string of the molecule is C=CC=CC(c1ccccc1N(C(=C)/C=C\C=C/C)C(=C)/C=C\C=C/C)N(c1ccc(-c2ccccc2)cc1)c1cccc2sc3cc(C)ccc3c12. The van der Waals surface area contributed by atoms with Gasteiger partial charge in [-0.2, -0.15) is 0 Å². The fourth-order valence-corrected chi connectivity index (χ4v) is 7.89. The van der Waals surface area contributed by atoms with E-state index in [4.69, 9.17) is 0 Å². The molecule has 53 heavy (non-hydrogen) atoms. The third kappa shape index (κ3) is 8.17. The zero-order chi connectivity index (χ0) is 37.2. The Balaban J connectivity index is 1.62. The molecule has 1 unspecified atom stereocenters. The van der Waals surface area contributed by atoms with Crippen LogP contribution in [0.4, 0.5) is 17.1 Å². The molecule has 0 amide bonds. The normalized spacial score (nSPS) is 12.6. The van der Waals surface area contributed by atoms with Crippen LogP contribution in [0.2, 0.25) is 0 Å². The zero-order valence-electron chi connectivity index (χ0n) is 30.8. The third-order valence-electron chi connectivity index (χ3n) is 9.11. The summed E-state index contributed by atoms with van der Waals surface area (Å²) in [6.07, 6.45) is 22.3. The predicted octanol–water partition coefficient (Wildman–Crippen LogP) is 14.7. The summed E-state index contributed by atoms with van der Waals surface area (Å²) >= 11 is 1.84. The van der Waals surface area contributed by atoms with E-state index in [1.807, 2.05) is 85.9 Å². The average molecular weight is 707 g/mol. The fourth-order valence-electron chi connectivity index (χ4n) is 6.66. The Morgan fingerprint density at radius 1 is 0.642 bits per heavy atom. The van der Waals surface area contributed by atoms with Crippen LogP contribution in [-0.4, -0.2) is 0 Å². The lowest BCUT2D eigenvalue weighted by molar-refractivity contribution is 0.850. The molecule has 0 N–H and O–H groups in total. The first-order chi connectivity index (χ1) is 25.9. The molecule has 0 aliphatic heterocycles. The lowest BCUT2D eigenvalue weighted by atomic mass is 9.97. The monoisotopic (exact) mass is 706 g/mol. The molecule has 2 nitrogen and oxygen atoms in total. The third-order valence-corrected chi connectivity index (χ3v) is 10.2. The highest BCUT2D eigenvalue weighted by atomic mass is 32.1. The first-order valence-corrected chi connectivity index (χ1v) is 18.8. The second-order valence-corrected chi connectivity index (χ2v) is 13.8. The summed E-state index contributed by atoms with van der Waals surface area (Å²) in [6, 6.07) is 41.3. The Morgan fingerprint density at radius 2 is 1.28 bits per heavy atom. The maximum absolute atomic E-state index is 4.54. The van der Waals surface area contributed by atoms with Crippen molar-refractivity contribution in [1.82, 2.24) is 0 Å². The smallest absolute Gasteiger partial charge is 0.0799 e. The van der Waals surface area contributed by atoms with E-state index < -0.39 is 0 Å². The molecule has 3 heteroatoms. The van der Waals surface area contributed by atoms with Crippen LogP contribution in [-0.2, 0) is 0 Å². The zero-order valence-corrected chi connectivity index (χ0v) is 31.6. The van der Waals surface area contributed by atoms with E-state index in [1.165, 1.54) is 36.9 Å². The van der Waals surface area contributed by atoms with Crippen LogP contribution >= 0.6 is 11.3 Å². The Kier molecular flexibility index (Phi) is 12.0. The van der Waals surface area contributed by atoms with E-state index in [0.717, 1.165) is 34.0 Å². The number of fused-ring (bicyclic) bond motifs is 3. The number of anilines is 3. The minimum Gasteiger partial charge on any atom is -0.330 e. The lowest BCUT2D eigenvalue weighted by Gasteiger charge is -2.36. The fraction of sp³-hybridized carbons (Fsp3) is 0.0800. The van der Waals surface area contributed by atoms with Crippen LogP contribution in [0.1, 0.15) is 31.0 Å². The number of allylic oxidation sites excluding steroid dienone is 10. The van der Waals surface area contributed by atoms with Crippen LogP contribution in [0.3, 0.4) is 0 Å². The van der Waals surface area contributed by atoms with Gasteiger partial charge in [0.15, 0.2) is 0 Å². The predicted molar refractivity (Wildman–Crippen MR) is 235 cm³/mol. The van der Waals surface area contributed by atoms with Crippen LogP contribution in [0.5, 0.6) is 0 Å². The lowest BCUT2D eigenvalue weighted by Crippen LogP contribution is -2.26. The molecule has 0 saturated heterocycles. The maximum Gasteiger partial charge on any atom is 0.0799 e. The maximum atomic E-state index is 4.54. The van der Waals surface area contributed by atoms with Crippen molar-refractivity contribution in [3.05, 3.63) is 224 Å². The molecule has 0 saturated carbocycles. The molecule has 262 valence electrons. The average Bonchev–Trinajstić information content (AvgIpc) is 3.56. The summed E-state index contributed by atoms with van der Waals surface area (Å²) in [6.45, 7) is 19.3. The van der Waals surface area contributed by atoms with Crippen molar-refractivity contribution in [3.63, 3.8) is 0 Å². The number of para-hydroxylation sites is 1.